The number of methoxy groups -OCH3 is 1. The first-order valence-corrected chi connectivity index (χ1v) is 12.5. The third-order valence-electron chi connectivity index (χ3n) is 5.52. The van der Waals surface area contributed by atoms with Crippen LogP contribution >= 0.6 is 0 Å². The van der Waals surface area contributed by atoms with Gasteiger partial charge in [-0.1, -0.05) is 68.9 Å². The van der Waals surface area contributed by atoms with Crippen LogP contribution in [-0.4, -0.2) is 32.6 Å². The summed E-state index contributed by atoms with van der Waals surface area (Å²) in [6.45, 7) is 6.28. The highest BCUT2D eigenvalue weighted by molar-refractivity contribution is 5.69. The Kier molecular flexibility index (Phi) is 16.7. The molecule has 0 N–H and O–H groups in total. The van der Waals surface area contributed by atoms with Crippen molar-refractivity contribution in [2.45, 2.75) is 97.2 Å². The predicted molar refractivity (Wildman–Crippen MR) is 133 cm³/mol. The fourth-order valence-corrected chi connectivity index (χ4v) is 3.51. The second-order valence-electron chi connectivity index (χ2n) is 9.10. The van der Waals surface area contributed by atoms with Crippen molar-refractivity contribution in [1.29, 1.82) is 0 Å². The van der Waals surface area contributed by atoms with Crippen LogP contribution in [-0.2, 0) is 19.0 Å². The average molecular weight is 447 g/mol. The van der Waals surface area contributed by atoms with Gasteiger partial charge in [0.1, 0.15) is 0 Å². The van der Waals surface area contributed by atoms with Crippen molar-refractivity contribution in [3.63, 3.8) is 0 Å². The molecule has 4 heteroatoms. The molecule has 1 aliphatic rings. The third kappa shape index (κ3) is 17.0. The highest BCUT2D eigenvalue weighted by Crippen LogP contribution is 2.25. The van der Waals surface area contributed by atoms with Crippen molar-refractivity contribution in [3.8, 4) is 0 Å². The molecule has 1 unspecified atom stereocenters. The van der Waals surface area contributed by atoms with Crippen LogP contribution in [0.25, 0.3) is 0 Å². The molecule has 1 rings (SSSR count). The zero-order valence-electron chi connectivity index (χ0n) is 20.7. The number of rotatable bonds is 17. The van der Waals surface area contributed by atoms with E-state index in [2.05, 4.69) is 67.2 Å². The number of hydrogen-bond donors (Lipinski definition) is 0. The van der Waals surface area contributed by atoms with Crippen LogP contribution in [0.3, 0.4) is 0 Å². The first kappa shape index (κ1) is 28.4. The lowest BCUT2D eigenvalue weighted by Gasteiger charge is -2.23. The third-order valence-corrected chi connectivity index (χ3v) is 5.52. The molecule has 1 atom stereocenters. The van der Waals surface area contributed by atoms with Crippen LogP contribution in [0.1, 0.15) is 90.9 Å². The van der Waals surface area contributed by atoms with Gasteiger partial charge in [-0.3, -0.25) is 4.79 Å². The SMILES string of the molecule is COC(=O)CCC/C=C\C/C=C\C/C=C\C/C=C\C(C)(C)CCCCOC1CCCCO1. The van der Waals surface area contributed by atoms with Gasteiger partial charge in [0.2, 0.25) is 0 Å². The first-order chi connectivity index (χ1) is 15.5. The number of carbonyl (C=O) groups excluding carboxylic acids is 1. The van der Waals surface area contributed by atoms with Gasteiger partial charge in [0.15, 0.2) is 6.29 Å². The molecule has 0 aliphatic carbocycles. The van der Waals surface area contributed by atoms with Crippen molar-refractivity contribution in [3.05, 3.63) is 48.6 Å². The van der Waals surface area contributed by atoms with E-state index >= 15 is 0 Å². The van der Waals surface area contributed by atoms with Gasteiger partial charge in [-0.15, -0.1) is 0 Å². The molecule has 32 heavy (non-hydrogen) atoms. The Morgan fingerprint density at radius 1 is 0.938 bits per heavy atom. The van der Waals surface area contributed by atoms with Crippen molar-refractivity contribution >= 4 is 5.97 Å². The zero-order chi connectivity index (χ0) is 23.3. The number of hydrogen-bond acceptors (Lipinski definition) is 4. The van der Waals surface area contributed by atoms with E-state index in [0.717, 1.165) is 58.2 Å². The second-order valence-corrected chi connectivity index (χ2v) is 9.10. The van der Waals surface area contributed by atoms with E-state index in [1.165, 1.54) is 32.8 Å². The molecule has 0 saturated carbocycles. The standard InChI is InChI=1S/C28H46O4/c1-28(2,23-17-19-25-32-27-21-15-18-24-31-27)22-16-13-11-9-7-5-4-6-8-10-12-14-20-26(29)30-3/h4-5,8-11,16,22,27H,6-7,12-15,17-21,23-25H2,1-3H3/b5-4-,10-8-,11-9-,22-16-. The molecule has 1 aliphatic heterocycles. The number of ether oxygens (including phenoxy) is 3. The first-order valence-electron chi connectivity index (χ1n) is 12.5. The summed E-state index contributed by atoms with van der Waals surface area (Å²) in [6.07, 6.45) is 29.9. The van der Waals surface area contributed by atoms with E-state index in [1.807, 2.05) is 0 Å². The zero-order valence-corrected chi connectivity index (χ0v) is 20.7. The molecule has 0 aromatic heterocycles. The summed E-state index contributed by atoms with van der Waals surface area (Å²) < 4.78 is 16.0. The largest absolute Gasteiger partial charge is 0.469 e. The number of carbonyl (C=O) groups is 1. The second kappa shape index (κ2) is 18.9. The van der Waals surface area contributed by atoms with E-state index < -0.39 is 0 Å². The van der Waals surface area contributed by atoms with Gasteiger partial charge in [0.25, 0.3) is 0 Å². The Bertz CT molecular complexity index is 580. The topological polar surface area (TPSA) is 44.8 Å². The quantitative estimate of drug-likeness (QED) is 0.132. The lowest BCUT2D eigenvalue weighted by Crippen LogP contribution is -2.22. The molecule has 1 heterocycles. The van der Waals surface area contributed by atoms with Gasteiger partial charge >= 0.3 is 5.97 Å². The fraction of sp³-hybridized carbons (Fsp3) is 0.679. The maximum absolute atomic E-state index is 11.0. The Labute approximate surface area is 196 Å². The van der Waals surface area contributed by atoms with Crippen molar-refractivity contribution < 1.29 is 19.0 Å². The molecule has 182 valence electrons. The Morgan fingerprint density at radius 3 is 2.28 bits per heavy atom. The normalized spacial score (nSPS) is 17.9. The molecule has 1 fully saturated rings. The van der Waals surface area contributed by atoms with Crippen LogP contribution in [0.5, 0.6) is 0 Å². The molecule has 0 bridgehead atoms. The lowest BCUT2D eigenvalue weighted by molar-refractivity contribution is -0.162. The van der Waals surface area contributed by atoms with Crippen molar-refractivity contribution in [1.82, 2.24) is 0 Å². The van der Waals surface area contributed by atoms with Gasteiger partial charge in [-0.2, -0.15) is 0 Å². The minimum Gasteiger partial charge on any atom is -0.469 e. The maximum atomic E-state index is 11.0. The van der Waals surface area contributed by atoms with Gasteiger partial charge in [0.05, 0.1) is 7.11 Å². The fourth-order valence-electron chi connectivity index (χ4n) is 3.51. The molecule has 0 aromatic rings. The Balaban J connectivity index is 2.00. The van der Waals surface area contributed by atoms with E-state index in [-0.39, 0.29) is 17.7 Å². The highest BCUT2D eigenvalue weighted by atomic mass is 16.7. The molecule has 0 radical (unpaired) electrons. The van der Waals surface area contributed by atoms with Crippen LogP contribution in [0.2, 0.25) is 0 Å². The van der Waals surface area contributed by atoms with Gasteiger partial charge in [-0.05, 0) is 69.6 Å². The summed E-state index contributed by atoms with van der Waals surface area (Å²) in [6, 6.07) is 0. The summed E-state index contributed by atoms with van der Waals surface area (Å²) in [5.41, 5.74) is 0.234. The average Bonchev–Trinajstić information content (AvgIpc) is 2.79. The minimum absolute atomic E-state index is 0.0408. The number of allylic oxidation sites excluding steroid dienone is 8. The molecular formula is C28H46O4. The smallest absolute Gasteiger partial charge is 0.305 e. The molecular weight excluding hydrogens is 400 g/mol. The minimum atomic E-state index is -0.130. The van der Waals surface area contributed by atoms with Crippen LogP contribution in [0, 0.1) is 5.41 Å². The van der Waals surface area contributed by atoms with E-state index in [4.69, 9.17) is 9.47 Å². The molecule has 0 aromatic carbocycles. The summed E-state index contributed by atoms with van der Waals surface area (Å²) >= 11 is 0. The molecule has 1 saturated heterocycles. The molecule has 0 amide bonds. The van der Waals surface area contributed by atoms with Crippen LogP contribution in [0.4, 0.5) is 0 Å². The summed E-state index contributed by atoms with van der Waals surface area (Å²) in [5.74, 6) is -0.130. The van der Waals surface area contributed by atoms with Gasteiger partial charge in [0, 0.05) is 19.6 Å². The Hall–Kier alpha value is -1.65. The highest BCUT2D eigenvalue weighted by Gasteiger charge is 2.15. The molecule has 0 spiro atoms. The molecule has 4 nitrogen and oxygen atoms in total. The van der Waals surface area contributed by atoms with Gasteiger partial charge in [-0.25, -0.2) is 0 Å². The number of esters is 1. The summed E-state index contributed by atoms with van der Waals surface area (Å²) in [5, 5.41) is 0. The van der Waals surface area contributed by atoms with E-state index in [0.29, 0.717) is 6.42 Å². The predicted octanol–water partition coefficient (Wildman–Crippen LogP) is 7.46. The van der Waals surface area contributed by atoms with Crippen LogP contribution in [0.15, 0.2) is 48.6 Å². The van der Waals surface area contributed by atoms with Crippen molar-refractivity contribution in [2.75, 3.05) is 20.3 Å². The maximum Gasteiger partial charge on any atom is 0.305 e. The monoisotopic (exact) mass is 446 g/mol. The number of unbranched alkanes of at least 4 members (excludes halogenated alkanes) is 2. The summed E-state index contributed by atoms with van der Waals surface area (Å²) in [4.78, 5) is 11.0. The Morgan fingerprint density at radius 2 is 1.62 bits per heavy atom. The van der Waals surface area contributed by atoms with Gasteiger partial charge < -0.3 is 14.2 Å². The van der Waals surface area contributed by atoms with E-state index in [1.54, 1.807) is 0 Å². The lowest BCUT2D eigenvalue weighted by atomic mass is 9.86. The van der Waals surface area contributed by atoms with Crippen LogP contribution < -0.4 is 0 Å². The van der Waals surface area contributed by atoms with Crippen molar-refractivity contribution in [2.24, 2.45) is 5.41 Å². The summed E-state index contributed by atoms with van der Waals surface area (Å²) in [7, 11) is 1.43. The van der Waals surface area contributed by atoms with E-state index in [9.17, 15) is 4.79 Å².